The van der Waals surface area contributed by atoms with Crippen LogP contribution in [0.5, 0.6) is 5.75 Å². The maximum atomic E-state index is 11.9. The third-order valence-corrected chi connectivity index (χ3v) is 2.28. The Bertz CT molecular complexity index is 429. The van der Waals surface area contributed by atoms with E-state index in [1.807, 2.05) is 0 Å². The fourth-order valence-corrected chi connectivity index (χ4v) is 1.30. The normalized spacial score (nSPS) is 11.3. The Kier molecular flexibility index (Phi) is 3.32. The van der Waals surface area contributed by atoms with Crippen molar-refractivity contribution in [3.05, 3.63) is 28.3 Å². The van der Waals surface area contributed by atoms with E-state index in [0.717, 1.165) is 12.1 Å². The summed E-state index contributed by atoms with van der Waals surface area (Å²) in [6.07, 6.45) is -4.83. The first-order chi connectivity index (χ1) is 7.22. The molecule has 0 aliphatic carbocycles. The van der Waals surface area contributed by atoms with Gasteiger partial charge in [0, 0.05) is 5.56 Å². The van der Waals surface area contributed by atoms with Crippen LogP contribution in [0.4, 0.5) is 13.2 Å². The Morgan fingerprint density at radius 3 is 2.44 bits per heavy atom. The van der Waals surface area contributed by atoms with Crippen molar-refractivity contribution in [2.75, 3.05) is 0 Å². The largest absolute Gasteiger partial charge is 0.573 e. The maximum absolute atomic E-state index is 11.9. The predicted molar refractivity (Wildman–Crippen MR) is 49.8 cm³/mol. The lowest BCUT2D eigenvalue weighted by atomic mass is 10.1. The third kappa shape index (κ3) is 2.79. The lowest BCUT2D eigenvalue weighted by molar-refractivity contribution is -0.274. The molecule has 1 N–H and O–H groups in total. The van der Waals surface area contributed by atoms with Gasteiger partial charge in [-0.15, -0.1) is 13.2 Å². The minimum Gasteiger partial charge on any atom is -0.478 e. The van der Waals surface area contributed by atoms with Crippen molar-refractivity contribution in [3.8, 4) is 5.75 Å². The number of benzene rings is 1. The summed E-state index contributed by atoms with van der Waals surface area (Å²) < 4.78 is 39.5. The summed E-state index contributed by atoms with van der Waals surface area (Å²) in [5.41, 5.74) is -0.340. The molecule has 0 radical (unpaired) electrons. The predicted octanol–water partition coefficient (Wildman–Crippen LogP) is 3.25. The molecule has 0 bridgehead atoms. The van der Waals surface area contributed by atoms with Crippen molar-refractivity contribution in [1.82, 2.24) is 0 Å². The smallest absolute Gasteiger partial charge is 0.478 e. The molecule has 0 heterocycles. The first-order valence-electron chi connectivity index (χ1n) is 4.00. The highest BCUT2D eigenvalue weighted by molar-refractivity contribution is 6.34. The minimum atomic E-state index is -4.83. The third-order valence-electron chi connectivity index (χ3n) is 1.79. The van der Waals surface area contributed by atoms with Crippen molar-refractivity contribution in [1.29, 1.82) is 0 Å². The molecule has 1 aromatic rings. The molecule has 88 valence electrons. The highest BCUT2D eigenvalue weighted by atomic mass is 35.5. The van der Waals surface area contributed by atoms with Gasteiger partial charge in [0.2, 0.25) is 0 Å². The first kappa shape index (κ1) is 12.6. The SMILES string of the molecule is Cc1c(OC(F)(F)F)ccc(C(=O)O)c1Cl. The van der Waals surface area contributed by atoms with Gasteiger partial charge in [-0.05, 0) is 19.1 Å². The van der Waals surface area contributed by atoms with Crippen LogP contribution in [0.2, 0.25) is 5.02 Å². The summed E-state index contributed by atoms with van der Waals surface area (Å²) in [4.78, 5) is 10.6. The molecule has 0 amide bonds. The zero-order valence-electron chi connectivity index (χ0n) is 7.93. The van der Waals surface area contributed by atoms with Crippen LogP contribution in [0, 0.1) is 6.92 Å². The number of carboxylic acid groups (broad SMARTS) is 1. The Morgan fingerprint density at radius 2 is 2.00 bits per heavy atom. The molecule has 1 rings (SSSR count). The number of hydrogen-bond donors (Lipinski definition) is 1. The maximum Gasteiger partial charge on any atom is 0.573 e. The molecule has 1 aromatic carbocycles. The summed E-state index contributed by atoms with van der Waals surface area (Å²) in [5, 5.41) is 8.40. The minimum absolute atomic E-state index is 0.0705. The molecule has 0 atom stereocenters. The van der Waals surface area contributed by atoms with Gasteiger partial charge in [0.1, 0.15) is 5.75 Å². The van der Waals surface area contributed by atoms with Gasteiger partial charge in [0.15, 0.2) is 0 Å². The van der Waals surface area contributed by atoms with Crippen LogP contribution in [0.1, 0.15) is 15.9 Å². The van der Waals surface area contributed by atoms with Crippen LogP contribution in [-0.4, -0.2) is 17.4 Å². The lowest BCUT2D eigenvalue weighted by Crippen LogP contribution is -2.18. The van der Waals surface area contributed by atoms with Crippen LogP contribution >= 0.6 is 11.6 Å². The van der Waals surface area contributed by atoms with E-state index in [1.54, 1.807) is 0 Å². The Balaban J connectivity index is 3.17. The van der Waals surface area contributed by atoms with E-state index >= 15 is 0 Å². The number of hydrogen-bond acceptors (Lipinski definition) is 2. The van der Waals surface area contributed by atoms with E-state index < -0.39 is 18.1 Å². The van der Waals surface area contributed by atoms with Gasteiger partial charge in [-0.25, -0.2) is 4.79 Å². The number of ether oxygens (including phenoxy) is 1. The standard InChI is InChI=1S/C9H6ClF3O3/c1-4-6(16-9(11,12)13)3-2-5(7(4)10)8(14)15/h2-3H,1H3,(H,14,15). The zero-order chi connectivity index (χ0) is 12.5. The van der Waals surface area contributed by atoms with E-state index in [2.05, 4.69) is 4.74 Å². The van der Waals surface area contributed by atoms with Crippen molar-refractivity contribution < 1.29 is 27.8 Å². The van der Waals surface area contributed by atoms with Crippen LogP contribution < -0.4 is 4.74 Å². The van der Waals surface area contributed by atoms with Crippen molar-refractivity contribution in [3.63, 3.8) is 0 Å². The van der Waals surface area contributed by atoms with Crippen LogP contribution in [0.15, 0.2) is 12.1 Å². The topological polar surface area (TPSA) is 46.5 Å². The van der Waals surface area contributed by atoms with Gasteiger partial charge in [-0.3, -0.25) is 0 Å². The second-order valence-electron chi connectivity index (χ2n) is 2.90. The summed E-state index contributed by atoms with van der Waals surface area (Å²) in [6, 6.07) is 1.87. The Labute approximate surface area is 93.4 Å². The molecule has 0 spiro atoms. The molecule has 0 aliphatic heterocycles. The summed E-state index contributed by atoms with van der Waals surface area (Å²) >= 11 is 5.59. The number of rotatable bonds is 2. The summed E-state index contributed by atoms with van der Waals surface area (Å²) in [5.74, 6) is -1.82. The van der Waals surface area contributed by atoms with Gasteiger partial charge >= 0.3 is 12.3 Å². The van der Waals surface area contributed by atoms with Crippen LogP contribution in [-0.2, 0) is 0 Å². The average Bonchev–Trinajstić information content (AvgIpc) is 2.10. The molecule has 0 fully saturated rings. The molecule has 0 unspecified atom stereocenters. The highest BCUT2D eigenvalue weighted by Gasteiger charge is 2.32. The molecular formula is C9H6ClF3O3. The number of carbonyl (C=O) groups is 1. The summed E-state index contributed by atoms with van der Waals surface area (Å²) in [7, 11) is 0. The molecule has 7 heteroatoms. The fraction of sp³-hybridized carbons (Fsp3) is 0.222. The molecule has 16 heavy (non-hydrogen) atoms. The molecule has 0 aliphatic rings. The monoisotopic (exact) mass is 254 g/mol. The molecule has 0 saturated heterocycles. The lowest BCUT2D eigenvalue weighted by Gasteiger charge is -2.13. The Morgan fingerprint density at radius 1 is 1.44 bits per heavy atom. The number of aromatic carboxylic acids is 1. The number of halogens is 4. The first-order valence-corrected chi connectivity index (χ1v) is 4.38. The highest BCUT2D eigenvalue weighted by Crippen LogP contribution is 2.32. The van der Waals surface area contributed by atoms with E-state index in [-0.39, 0.29) is 16.1 Å². The second-order valence-corrected chi connectivity index (χ2v) is 3.28. The molecular weight excluding hydrogens is 249 g/mol. The quantitative estimate of drug-likeness (QED) is 0.881. The fourth-order valence-electron chi connectivity index (χ4n) is 1.07. The number of alkyl halides is 3. The zero-order valence-corrected chi connectivity index (χ0v) is 8.69. The second kappa shape index (κ2) is 4.21. The van der Waals surface area contributed by atoms with Gasteiger partial charge < -0.3 is 9.84 Å². The van der Waals surface area contributed by atoms with E-state index in [0.29, 0.717) is 0 Å². The molecule has 3 nitrogen and oxygen atoms in total. The number of carboxylic acids is 1. The van der Waals surface area contributed by atoms with Crippen LogP contribution in [0.25, 0.3) is 0 Å². The van der Waals surface area contributed by atoms with Gasteiger partial charge in [0.25, 0.3) is 0 Å². The van der Waals surface area contributed by atoms with Crippen molar-refractivity contribution in [2.45, 2.75) is 13.3 Å². The van der Waals surface area contributed by atoms with Gasteiger partial charge in [-0.2, -0.15) is 0 Å². The van der Waals surface area contributed by atoms with Gasteiger partial charge in [-0.1, -0.05) is 11.6 Å². The molecule has 0 saturated carbocycles. The average molecular weight is 255 g/mol. The van der Waals surface area contributed by atoms with E-state index in [1.165, 1.54) is 6.92 Å². The van der Waals surface area contributed by atoms with E-state index in [9.17, 15) is 18.0 Å². The summed E-state index contributed by atoms with van der Waals surface area (Å²) in [6.45, 7) is 1.25. The molecule has 0 aromatic heterocycles. The van der Waals surface area contributed by atoms with Crippen LogP contribution in [0.3, 0.4) is 0 Å². The van der Waals surface area contributed by atoms with Crippen molar-refractivity contribution >= 4 is 17.6 Å². The van der Waals surface area contributed by atoms with Crippen molar-refractivity contribution in [2.24, 2.45) is 0 Å². The van der Waals surface area contributed by atoms with E-state index in [4.69, 9.17) is 16.7 Å². The van der Waals surface area contributed by atoms with Gasteiger partial charge in [0.05, 0.1) is 10.6 Å². The Hall–Kier alpha value is -1.43.